The summed E-state index contributed by atoms with van der Waals surface area (Å²) >= 11 is 1.76. The summed E-state index contributed by atoms with van der Waals surface area (Å²) in [6.07, 6.45) is 2.31. The molecule has 2 rings (SSSR count). The van der Waals surface area contributed by atoms with Crippen LogP contribution in [0, 0.1) is 0 Å². The van der Waals surface area contributed by atoms with Crippen molar-refractivity contribution >= 4 is 11.8 Å². The molecular formula is C16H18OS. The molecule has 0 aliphatic heterocycles. The zero-order chi connectivity index (χ0) is 13.0. The first-order valence-corrected chi connectivity index (χ1v) is 7.32. The number of hydrogen-bond donors (Lipinski definition) is 0. The monoisotopic (exact) mass is 258 g/mol. The Kier molecular flexibility index (Phi) is 4.32. The third-order valence-electron chi connectivity index (χ3n) is 2.65. The molecular weight excluding hydrogens is 240 g/mol. The fourth-order valence-corrected chi connectivity index (χ4v) is 2.19. The molecule has 1 nitrogen and oxygen atoms in total. The zero-order valence-electron chi connectivity index (χ0n) is 11.0. The van der Waals surface area contributed by atoms with E-state index in [-0.39, 0.29) is 6.10 Å². The Balaban J connectivity index is 2.17. The van der Waals surface area contributed by atoms with Crippen LogP contribution >= 0.6 is 11.8 Å². The summed E-state index contributed by atoms with van der Waals surface area (Å²) in [5.74, 6) is 0.925. The van der Waals surface area contributed by atoms with Gasteiger partial charge in [0.2, 0.25) is 0 Å². The molecule has 0 bridgehead atoms. The summed E-state index contributed by atoms with van der Waals surface area (Å²) in [6, 6.07) is 16.9. The minimum atomic E-state index is 0.219. The zero-order valence-corrected chi connectivity index (χ0v) is 11.8. The van der Waals surface area contributed by atoms with Gasteiger partial charge < -0.3 is 4.74 Å². The summed E-state index contributed by atoms with van der Waals surface area (Å²) in [5.41, 5.74) is 2.46. The smallest absolute Gasteiger partial charge is 0.119 e. The van der Waals surface area contributed by atoms with E-state index >= 15 is 0 Å². The quantitative estimate of drug-likeness (QED) is 0.724. The highest BCUT2D eigenvalue weighted by Gasteiger charge is 2.00. The van der Waals surface area contributed by atoms with Gasteiger partial charge in [-0.15, -0.1) is 11.8 Å². The summed E-state index contributed by atoms with van der Waals surface area (Å²) < 4.78 is 5.64. The summed E-state index contributed by atoms with van der Waals surface area (Å²) in [7, 11) is 0. The van der Waals surface area contributed by atoms with Gasteiger partial charge in [-0.3, -0.25) is 0 Å². The molecule has 0 atom stereocenters. The molecule has 94 valence electrons. The first-order chi connectivity index (χ1) is 8.69. The molecule has 0 N–H and O–H groups in total. The van der Waals surface area contributed by atoms with Crippen LogP contribution < -0.4 is 4.74 Å². The molecule has 2 aromatic carbocycles. The van der Waals surface area contributed by atoms with E-state index in [1.54, 1.807) is 11.8 Å². The Bertz CT molecular complexity index is 486. The van der Waals surface area contributed by atoms with E-state index in [1.807, 2.05) is 26.0 Å². The predicted molar refractivity (Wildman–Crippen MR) is 79.4 cm³/mol. The third kappa shape index (κ3) is 3.30. The number of hydrogen-bond acceptors (Lipinski definition) is 2. The van der Waals surface area contributed by atoms with Gasteiger partial charge >= 0.3 is 0 Å². The Morgan fingerprint density at radius 1 is 0.833 bits per heavy atom. The molecule has 0 aliphatic rings. The van der Waals surface area contributed by atoms with E-state index in [4.69, 9.17) is 4.74 Å². The fourth-order valence-electron chi connectivity index (χ4n) is 1.78. The van der Waals surface area contributed by atoms with Crippen molar-refractivity contribution in [2.24, 2.45) is 0 Å². The van der Waals surface area contributed by atoms with E-state index in [0.717, 1.165) is 5.75 Å². The lowest BCUT2D eigenvalue weighted by atomic mass is 10.1. The second-order valence-corrected chi connectivity index (χ2v) is 5.30. The molecule has 0 amide bonds. The molecule has 0 spiro atoms. The van der Waals surface area contributed by atoms with Crippen LogP contribution in [0.15, 0.2) is 53.4 Å². The van der Waals surface area contributed by atoms with Crippen molar-refractivity contribution in [2.45, 2.75) is 24.8 Å². The van der Waals surface area contributed by atoms with Crippen molar-refractivity contribution in [1.82, 2.24) is 0 Å². The molecule has 0 fully saturated rings. The van der Waals surface area contributed by atoms with Crippen molar-refractivity contribution in [3.63, 3.8) is 0 Å². The summed E-state index contributed by atoms with van der Waals surface area (Å²) in [4.78, 5) is 1.29. The van der Waals surface area contributed by atoms with E-state index in [1.165, 1.54) is 16.0 Å². The van der Waals surface area contributed by atoms with Gasteiger partial charge in [-0.2, -0.15) is 0 Å². The van der Waals surface area contributed by atoms with Gasteiger partial charge in [0.25, 0.3) is 0 Å². The van der Waals surface area contributed by atoms with Gasteiger partial charge in [0, 0.05) is 4.90 Å². The lowest BCUT2D eigenvalue weighted by Gasteiger charge is -2.10. The highest BCUT2D eigenvalue weighted by Crippen LogP contribution is 2.25. The first kappa shape index (κ1) is 13.0. The lowest BCUT2D eigenvalue weighted by Crippen LogP contribution is -2.05. The largest absolute Gasteiger partial charge is 0.491 e. The minimum Gasteiger partial charge on any atom is -0.491 e. The molecule has 0 aromatic heterocycles. The van der Waals surface area contributed by atoms with Gasteiger partial charge in [-0.25, -0.2) is 0 Å². The molecule has 2 aromatic rings. The fraction of sp³-hybridized carbons (Fsp3) is 0.250. The molecule has 0 radical (unpaired) electrons. The van der Waals surface area contributed by atoms with Crippen molar-refractivity contribution < 1.29 is 4.74 Å². The molecule has 2 heteroatoms. The highest BCUT2D eigenvalue weighted by molar-refractivity contribution is 7.98. The van der Waals surface area contributed by atoms with Gasteiger partial charge in [-0.1, -0.05) is 24.3 Å². The second kappa shape index (κ2) is 5.96. The van der Waals surface area contributed by atoms with Gasteiger partial charge in [0.1, 0.15) is 5.75 Å². The Morgan fingerprint density at radius 3 is 1.78 bits per heavy atom. The van der Waals surface area contributed by atoms with E-state index in [9.17, 15) is 0 Å². The Morgan fingerprint density at radius 2 is 1.33 bits per heavy atom. The summed E-state index contributed by atoms with van der Waals surface area (Å²) in [6.45, 7) is 4.07. The van der Waals surface area contributed by atoms with Crippen LogP contribution in [0.1, 0.15) is 13.8 Å². The number of benzene rings is 2. The van der Waals surface area contributed by atoms with Crippen molar-refractivity contribution in [2.75, 3.05) is 6.26 Å². The maximum Gasteiger partial charge on any atom is 0.119 e. The van der Waals surface area contributed by atoms with Gasteiger partial charge in [-0.05, 0) is 55.5 Å². The van der Waals surface area contributed by atoms with Crippen molar-refractivity contribution in [1.29, 1.82) is 0 Å². The minimum absolute atomic E-state index is 0.219. The number of rotatable bonds is 4. The normalized spacial score (nSPS) is 10.7. The maximum atomic E-state index is 5.64. The SMILES string of the molecule is CSc1ccc(-c2ccc(OC(C)C)cc2)cc1. The summed E-state index contributed by atoms with van der Waals surface area (Å²) in [5, 5.41) is 0. The standard InChI is InChI=1S/C16H18OS/c1-12(2)17-15-8-4-13(5-9-15)14-6-10-16(18-3)11-7-14/h4-12H,1-3H3. The van der Waals surface area contributed by atoms with Crippen LogP contribution in [0.3, 0.4) is 0 Å². The van der Waals surface area contributed by atoms with E-state index in [2.05, 4.69) is 42.7 Å². The second-order valence-electron chi connectivity index (χ2n) is 4.42. The number of ether oxygens (including phenoxy) is 1. The highest BCUT2D eigenvalue weighted by atomic mass is 32.2. The van der Waals surface area contributed by atoms with Crippen LogP contribution in [0.25, 0.3) is 11.1 Å². The average molecular weight is 258 g/mol. The van der Waals surface area contributed by atoms with Gasteiger partial charge in [0.05, 0.1) is 6.10 Å². The Hall–Kier alpha value is -1.41. The van der Waals surface area contributed by atoms with Crippen LogP contribution in [-0.2, 0) is 0 Å². The Labute approximate surface area is 113 Å². The van der Waals surface area contributed by atoms with Crippen LogP contribution in [0.5, 0.6) is 5.75 Å². The van der Waals surface area contributed by atoms with E-state index in [0.29, 0.717) is 0 Å². The molecule has 0 saturated heterocycles. The molecule has 0 heterocycles. The molecule has 0 aliphatic carbocycles. The van der Waals surface area contributed by atoms with Crippen LogP contribution in [0.2, 0.25) is 0 Å². The van der Waals surface area contributed by atoms with Crippen LogP contribution in [0.4, 0.5) is 0 Å². The van der Waals surface area contributed by atoms with Gasteiger partial charge in [0.15, 0.2) is 0 Å². The van der Waals surface area contributed by atoms with Crippen LogP contribution in [-0.4, -0.2) is 12.4 Å². The number of thioether (sulfide) groups is 1. The predicted octanol–water partition coefficient (Wildman–Crippen LogP) is 4.86. The first-order valence-electron chi connectivity index (χ1n) is 6.10. The molecule has 0 saturated carbocycles. The maximum absolute atomic E-state index is 5.64. The average Bonchev–Trinajstić information content (AvgIpc) is 2.39. The van der Waals surface area contributed by atoms with Crippen molar-refractivity contribution in [3.8, 4) is 16.9 Å². The van der Waals surface area contributed by atoms with E-state index < -0.39 is 0 Å². The topological polar surface area (TPSA) is 9.23 Å². The third-order valence-corrected chi connectivity index (χ3v) is 3.39. The molecule has 18 heavy (non-hydrogen) atoms. The lowest BCUT2D eigenvalue weighted by molar-refractivity contribution is 0.242. The molecule has 0 unspecified atom stereocenters. The van der Waals surface area contributed by atoms with Crippen molar-refractivity contribution in [3.05, 3.63) is 48.5 Å².